The van der Waals surface area contributed by atoms with Crippen molar-refractivity contribution >= 4 is 11.6 Å². The summed E-state index contributed by atoms with van der Waals surface area (Å²) in [5.74, 6) is 0.406. The van der Waals surface area contributed by atoms with Gasteiger partial charge in [-0.2, -0.15) is 18.4 Å². The molecule has 2 fully saturated rings. The number of nitrogens with one attached hydrogen (secondary N) is 1. The van der Waals surface area contributed by atoms with Gasteiger partial charge < -0.3 is 10.2 Å². The lowest BCUT2D eigenvalue weighted by molar-refractivity contribution is -0.138. The third-order valence-corrected chi connectivity index (χ3v) is 5.59. The van der Waals surface area contributed by atoms with Gasteiger partial charge in [0.1, 0.15) is 6.07 Å². The van der Waals surface area contributed by atoms with Gasteiger partial charge in [0.15, 0.2) is 0 Å². The molecule has 7 heteroatoms. The Balaban J connectivity index is 1.57. The summed E-state index contributed by atoms with van der Waals surface area (Å²) < 4.78 is 38.4. The Morgan fingerprint density at radius 2 is 1.78 bits per heavy atom. The van der Waals surface area contributed by atoms with Crippen molar-refractivity contribution in [3.8, 4) is 6.07 Å². The molecule has 1 aromatic carbocycles. The molecule has 1 aliphatic heterocycles. The largest absolute Gasteiger partial charge is 0.416 e. The number of alkyl halides is 3. The number of piperidine rings is 1. The van der Waals surface area contributed by atoms with Crippen molar-refractivity contribution in [2.75, 3.05) is 18.4 Å². The molecule has 0 aromatic heterocycles. The predicted octanol–water partition coefficient (Wildman–Crippen LogP) is 4.56. The van der Waals surface area contributed by atoms with Gasteiger partial charge in [-0.1, -0.05) is 19.3 Å². The first-order chi connectivity index (χ1) is 12.9. The topological polar surface area (TPSA) is 56.1 Å². The quantitative estimate of drug-likeness (QED) is 0.838. The number of hydrogen-bond donors (Lipinski definition) is 1. The minimum absolute atomic E-state index is 0.00876. The average molecular weight is 379 g/mol. The number of carbonyl (C=O) groups is 1. The molecule has 146 valence electrons. The van der Waals surface area contributed by atoms with Crippen LogP contribution in [-0.4, -0.2) is 29.9 Å². The third-order valence-electron chi connectivity index (χ3n) is 5.59. The lowest BCUT2D eigenvalue weighted by Crippen LogP contribution is -2.45. The summed E-state index contributed by atoms with van der Waals surface area (Å²) in [6.45, 7) is 1.30. The molecule has 27 heavy (non-hydrogen) atoms. The highest BCUT2D eigenvalue weighted by atomic mass is 19.4. The maximum atomic E-state index is 12.8. The van der Waals surface area contributed by atoms with Gasteiger partial charge in [-0.05, 0) is 43.9 Å². The zero-order chi connectivity index (χ0) is 19.4. The molecule has 1 aromatic rings. The van der Waals surface area contributed by atoms with Crippen molar-refractivity contribution in [2.45, 2.75) is 57.2 Å². The van der Waals surface area contributed by atoms with Crippen LogP contribution in [0.25, 0.3) is 0 Å². The molecular weight excluding hydrogens is 355 g/mol. The summed E-state index contributed by atoms with van der Waals surface area (Å²) >= 11 is 0. The number of nitriles is 1. The second-order valence-corrected chi connectivity index (χ2v) is 7.45. The van der Waals surface area contributed by atoms with Crippen LogP contribution in [0.4, 0.5) is 18.9 Å². The van der Waals surface area contributed by atoms with E-state index in [0.717, 1.165) is 50.7 Å². The van der Waals surface area contributed by atoms with Crippen LogP contribution in [0.5, 0.6) is 0 Å². The van der Waals surface area contributed by atoms with Crippen molar-refractivity contribution in [2.24, 2.45) is 5.92 Å². The van der Waals surface area contributed by atoms with E-state index >= 15 is 0 Å². The maximum absolute atomic E-state index is 12.8. The number of halogens is 3. The van der Waals surface area contributed by atoms with Gasteiger partial charge in [0.25, 0.3) is 0 Å². The minimum atomic E-state index is -4.46. The Kier molecular flexibility index (Phi) is 5.93. The van der Waals surface area contributed by atoms with Gasteiger partial charge in [0, 0.05) is 25.0 Å². The van der Waals surface area contributed by atoms with Gasteiger partial charge in [0.05, 0.1) is 16.8 Å². The molecule has 1 amide bonds. The first-order valence-corrected chi connectivity index (χ1v) is 9.55. The van der Waals surface area contributed by atoms with E-state index in [4.69, 9.17) is 0 Å². The standard InChI is InChI=1S/C20H24F3N3O/c21-20(22,23)16-6-7-18(15(12-16)13-24)25-17-8-10-26(11-9-17)19(27)14-4-2-1-3-5-14/h6-7,12,14,17,25H,1-5,8-11H2. The molecule has 1 saturated carbocycles. The molecule has 3 rings (SSSR count). The molecule has 0 atom stereocenters. The second-order valence-electron chi connectivity index (χ2n) is 7.45. The van der Waals surface area contributed by atoms with Gasteiger partial charge in [-0.15, -0.1) is 0 Å². The molecule has 0 bridgehead atoms. The number of anilines is 1. The molecule has 1 N–H and O–H groups in total. The summed E-state index contributed by atoms with van der Waals surface area (Å²) in [6.07, 6.45) is 2.41. The number of amides is 1. The van der Waals surface area contributed by atoms with E-state index in [1.807, 2.05) is 11.0 Å². The van der Waals surface area contributed by atoms with Crippen LogP contribution in [-0.2, 0) is 11.0 Å². The van der Waals surface area contributed by atoms with Gasteiger partial charge in [-0.25, -0.2) is 0 Å². The maximum Gasteiger partial charge on any atom is 0.416 e. The fourth-order valence-electron chi connectivity index (χ4n) is 4.01. The van der Waals surface area contributed by atoms with Crippen LogP contribution >= 0.6 is 0 Å². The Labute approximate surface area is 157 Å². The molecule has 1 aliphatic carbocycles. The van der Waals surface area contributed by atoms with E-state index in [1.54, 1.807) is 0 Å². The van der Waals surface area contributed by atoms with Gasteiger partial charge >= 0.3 is 6.18 Å². The van der Waals surface area contributed by atoms with Crippen molar-refractivity contribution < 1.29 is 18.0 Å². The van der Waals surface area contributed by atoms with Crippen LogP contribution in [0.1, 0.15) is 56.1 Å². The highest BCUT2D eigenvalue weighted by molar-refractivity contribution is 5.79. The van der Waals surface area contributed by atoms with E-state index in [0.29, 0.717) is 18.8 Å². The third kappa shape index (κ3) is 4.74. The molecular formula is C20H24F3N3O. The predicted molar refractivity (Wildman–Crippen MR) is 96.0 cm³/mol. The fraction of sp³-hybridized carbons (Fsp3) is 0.600. The zero-order valence-electron chi connectivity index (χ0n) is 15.2. The molecule has 1 heterocycles. The highest BCUT2D eigenvalue weighted by Crippen LogP contribution is 2.32. The summed E-state index contributed by atoms with van der Waals surface area (Å²) in [5.41, 5.74) is -0.411. The first-order valence-electron chi connectivity index (χ1n) is 9.55. The Morgan fingerprint density at radius 1 is 1.11 bits per heavy atom. The van der Waals surface area contributed by atoms with E-state index < -0.39 is 11.7 Å². The summed E-state index contributed by atoms with van der Waals surface area (Å²) in [6, 6.07) is 5.08. The van der Waals surface area contributed by atoms with Gasteiger partial charge in [0.2, 0.25) is 5.91 Å². The molecule has 2 aliphatic rings. The number of carbonyl (C=O) groups excluding carboxylic acids is 1. The Hall–Kier alpha value is -2.23. The first kappa shape index (κ1) is 19.5. The number of rotatable bonds is 3. The lowest BCUT2D eigenvalue weighted by atomic mass is 9.87. The number of likely N-dealkylation sites (tertiary alicyclic amines) is 1. The number of benzene rings is 1. The van der Waals surface area contributed by atoms with Gasteiger partial charge in [-0.3, -0.25) is 4.79 Å². The van der Waals surface area contributed by atoms with Crippen molar-refractivity contribution in [1.29, 1.82) is 5.26 Å². The van der Waals surface area contributed by atoms with E-state index in [2.05, 4.69) is 5.32 Å². The molecule has 0 radical (unpaired) electrons. The zero-order valence-corrected chi connectivity index (χ0v) is 15.2. The van der Waals surface area contributed by atoms with Crippen molar-refractivity contribution in [1.82, 2.24) is 4.90 Å². The molecule has 1 saturated heterocycles. The van der Waals surface area contributed by atoms with E-state index in [9.17, 15) is 23.2 Å². The monoisotopic (exact) mass is 379 g/mol. The lowest BCUT2D eigenvalue weighted by Gasteiger charge is -2.36. The second kappa shape index (κ2) is 8.20. The minimum Gasteiger partial charge on any atom is -0.381 e. The summed E-state index contributed by atoms with van der Waals surface area (Å²) in [4.78, 5) is 14.5. The normalized spacial score (nSPS) is 19.6. The summed E-state index contributed by atoms with van der Waals surface area (Å²) in [5, 5.41) is 12.4. The van der Waals surface area contributed by atoms with E-state index in [-0.39, 0.29) is 23.4 Å². The number of nitrogens with zero attached hydrogens (tertiary/aromatic N) is 2. The molecule has 4 nitrogen and oxygen atoms in total. The highest BCUT2D eigenvalue weighted by Gasteiger charge is 2.32. The van der Waals surface area contributed by atoms with Crippen LogP contribution in [0.15, 0.2) is 18.2 Å². The fourth-order valence-corrected chi connectivity index (χ4v) is 4.01. The number of hydrogen-bond acceptors (Lipinski definition) is 3. The Morgan fingerprint density at radius 3 is 2.37 bits per heavy atom. The van der Waals surface area contributed by atoms with Crippen molar-refractivity contribution in [3.05, 3.63) is 29.3 Å². The molecule has 0 unspecified atom stereocenters. The Bertz CT molecular complexity index is 712. The smallest absolute Gasteiger partial charge is 0.381 e. The van der Waals surface area contributed by atoms with Crippen LogP contribution in [0.3, 0.4) is 0 Å². The van der Waals surface area contributed by atoms with Crippen LogP contribution in [0.2, 0.25) is 0 Å². The van der Waals surface area contributed by atoms with Crippen LogP contribution in [0, 0.1) is 17.2 Å². The summed E-state index contributed by atoms with van der Waals surface area (Å²) in [7, 11) is 0. The van der Waals surface area contributed by atoms with Crippen LogP contribution < -0.4 is 5.32 Å². The SMILES string of the molecule is N#Cc1cc(C(F)(F)F)ccc1NC1CCN(C(=O)C2CCCCC2)CC1. The molecule has 0 spiro atoms. The van der Waals surface area contributed by atoms with E-state index in [1.165, 1.54) is 12.5 Å². The average Bonchev–Trinajstić information content (AvgIpc) is 2.68. The van der Waals surface area contributed by atoms with Crippen molar-refractivity contribution in [3.63, 3.8) is 0 Å².